The van der Waals surface area contributed by atoms with Crippen molar-refractivity contribution in [2.75, 3.05) is 0 Å². The maximum absolute atomic E-state index is 12.8. The lowest BCUT2D eigenvalue weighted by molar-refractivity contribution is 0.264. The topological polar surface area (TPSA) is 111 Å². The number of fused-ring (bicyclic) bond motifs is 1. The lowest BCUT2D eigenvalue weighted by atomic mass is 10.1. The predicted octanol–water partition coefficient (Wildman–Crippen LogP) is 4.19. The third-order valence-electron chi connectivity index (χ3n) is 4.66. The predicted molar refractivity (Wildman–Crippen MR) is 111 cm³/mol. The smallest absolute Gasteiger partial charge is 0.254 e. The molecule has 5 rings (SSSR count). The Labute approximate surface area is 175 Å². The monoisotopic (exact) mass is 413 g/mol. The number of aromatic hydroxyl groups is 1. The second kappa shape index (κ2) is 7.75. The highest BCUT2D eigenvalue weighted by atomic mass is 16.5. The fourth-order valence-electron chi connectivity index (χ4n) is 3.10. The molecule has 8 heteroatoms. The first-order valence-electron chi connectivity index (χ1n) is 9.38. The van der Waals surface area contributed by atoms with Gasteiger partial charge in [-0.25, -0.2) is 0 Å². The summed E-state index contributed by atoms with van der Waals surface area (Å²) in [6.45, 7) is 0.0641. The third kappa shape index (κ3) is 3.74. The summed E-state index contributed by atoms with van der Waals surface area (Å²) in [5.74, 6) is 1.29. The van der Waals surface area contributed by atoms with Crippen LogP contribution in [0.15, 0.2) is 86.9 Å². The van der Waals surface area contributed by atoms with Gasteiger partial charge in [0.15, 0.2) is 12.0 Å². The van der Waals surface area contributed by atoms with Crippen molar-refractivity contribution in [2.24, 2.45) is 0 Å². The molecule has 0 bridgehead atoms. The minimum absolute atomic E-state index is 0.0641. The average molecular weight is 413 g/mol. The first-order valence-corrected chi connectivity index (χ1v) is 9.38. The minimum atomic E-state index is -0.170. The van der Waals surface area contributed by atoms with E-state index in [1.165, 1.54) is 18.4 Å². The van der Waals surface area contributed by atoms with Gasteiger partial charge in [0.25, 0.3) is 5.89 Å². The van der Waals surface area contributed by atoms with Crippen LogP contribution in [0, 0.1) is 0 Å². The van der Waals surface area contributed by atoms with E-state index in [0.29, 0.717) is 39.6 Å². The van der Waals surface area contributed by atoms with Gasteiger partial charge in [-0.05, 0) is 42.0 Å². The van der Waals surface area contributed by atoms with Gasteiger partial charge in [-0.3, -0.25) is 9.78 Å². The molecule has 0 saturated carbocycles. The number of rotatable bonds is 5. The van der Waals surface area contributed by atoms with Gasteiger partial charge in [-0.1, -0.05) is 12.1 Å². The quantitative estimate of drug-likeness (QED) is 0.457. The van der Waals surface area contributed by atoms with Crippen molar-refractivity contribution in [1.29, 1.82) is 0 Å². The fourth-order valence-corrected chi connectivity index (χ4v) is 3.10. The molecule has 0 amide bonds. The second-order valence-corrected chi connectivity index (χ2v) is 6.71. The number of ether oxygens (including phenoxy) is 1. The lowest BCUT2D eigenvalue weighted by Gasteiger charge is -2.06. The van der Waals surface area contributed by atoms with Crippen LogP contribution in [-0.4, -0.2) is 20.3 Å². The van der Waals surface area contributed by atoms with E-state index in [4.69, 9.17) is 13.6 Å². The number of aromatic nitrogens is 3. The highest BCUT2D eigenvalue weighted by molar-refractivity contribution is 5.82. The Morgan fingerprint density at radius 3 is 2.68 bits per heavy atom. The van der Waals surface area contributed by atoms with E-state index < -0.39 is 0 Å². The van der Waals surface area contributed by atoms with Crippen molar-refractivity contribution < 1.29 is 18.7 Å². The van der Waals surface area contributed by atoms with Gasteiger partial charge in [0, 0.05) is 18.5 Å². The zero-order valence-corrected chi connectivity index (χ0v) is 16.1. The van der Waals surface area contributed by atoms with E-state index in [2.05, 4.69) is 15.2 Å². The van der Waals surface area contributed by atoms with E-state index >= 15 is 0 Å². The van der Waals surface area contributed by atoms with Crippen molar-refractivity contribution in [3.63, 3.8) is 0 Å². The molecular formula is C23H15N3O5. The summed E-state index contributed by atoms with van der Waals surface area (Å²) < 4.78 is 17.0. The Hall–Kier alpha value is -4.46. The molecule has 0 fully saturated rings. The minimum Gasteiger partial charge on any atom is -0.508 e. The molecule has 0 aliphatic rings. The SMILES string of the molecule is O=c1c(-c2ccc(O)cc2)coc2cc(OCc3nnc(-c4cccnc4)o3)ccc12. The summed E-state index contributed by atoms with van der Waals surface area (Å²) in [7, 11) is 0. The van der Waals surface area contributed by atoms with Crippen LogP contribution in [-0.2, 0) is 6.61 Å². The van der Waals surface area contributed by atoms with E-state index in [0.717, 1.165) is 5.56 Å². The Balaban J connectivity index is 1.36. The zero-order valence-electron chi connectivity index (χ0n) is 16.1. The summed E-state index contributed by atoms with van der Waals surface area (Å²) in [5, 5.41) is 17.8. The summed E-state index contributed by atoms with van der Waals surface area (Å²) in [6.07, 6.45) is 4.70. The average Bonchev–Trinajstić information content (AvgIpc) is 3.28. The number of pyridine rings is 1. The molecule has 0 unspecified atom stereocenters. The Kier molecular flexibility index (Phi) is 4.64. The Morgan fingerprint density at radius 1 is 1.00 bits per heavy atom. The van der Waals surface area contributed by atoms with Crippen LogP contribution in [0.3, 0.4) is 0 Å². The molecule has 3 aromatic heterocycles. The summed E-state index contributed by atoms with van der Waals surface area (Å²) in [6, 6.07) is 14.9. The lowest BCUT2D eigenvalue weighted by Crippen LogP contribution is -2.05. The number of benzene rings is 2. The molecular weight excluding hydrogens is 398 g/mol. The van der Waals surface area contributed by atoms with Crippen LogP contribution < -0.4 is 10.2 Å². The molecule has 3 heterocycles. The summed E-state index contributed by atoms with van der Waals surface area (Å²) in [4.78, 5) is 16.9. The van der Waals surface area contributed by atoms with Gasteiger partial charge in [-0.2, -0.15) is 0 Å². The molecule has 152 valence electrons. The van der Waals surface area contributed by atoms with Crippen molar-refractivity contribution in [3.05, 3.63) is 89.4 Å². The molecule has 5 aromatic rings. The van der Waals surface area contributed by atoms with Gasteiger partial charge < -0.3 is 18.7 Å². The third-order valence-corrected chi connectivity index (χ3v) is 4.66. The molecule has 0 spiro atoms. The molecule has 31 heavy (non-hydrogen) atoms. The fraction of sp³-hybridized carbons (Fsp3) is 0.0435. The van der Waals surface area contributed by atoms with E-state index in [-0.39, 0.29) is 17.8 Å². The molecule has 8 nitrogen and oxygen atoms in total. The van der Waals surface area contributed by atoms with Crippen molar-refractivity contribution in [2.45, 2.75) is 6.61 Å². The highest BCUT2D eigenvalue weighted by Crippen LogP contribution is 2.25. The number of hydrogen-bond acceptors (Lipinski definition) is 8. The maximum Gasteiger partial charge on any atom is 0.254 e. The maximum atomic E-state index is 12.8. The number of nitrogens with zero attached hydrogens (tertiary/aromatic N) is 3. The molecule has 0 aliphatic carbocycles. The molecule has 2 aromatic carbocycles. The highest BCUT2D eigenvalue weighted by Gasteiger charge is 2.12. The molecule has 0 radical (unpaired) electrons. The molecule has 0 atom stereocenters. The van der Waals surface area contributed by atoms with Gasteiger partial charge in [-0.15, -0.1) is 10.2 Å². The first-order chi connectivity index (χ1) is 15.2. The van der Waals surface area contributed by atoms with Crippen molar-refractivity contribution in [3.8, 4) is 34.1 Å². The van der Waals surface area contributed by atoms with E-state index in [9.17, 15) is 9.90 Å². The summed E-state index contributed by atoms with van der Waals surface area (Å²) >= 11 is 0. The van der Waals surface area contributed by atoms with Crippen LogP contribution >= 0.6 is 0 Å². The number of phenols is 1. The van der Waals surface area contributed by atoms with Crippen molar-refractivity contribution in [1.82, 2.24) is 15.2 Å². The van der Waals surface area contributed by atoms with Crippen LogP contribution in [0.4, 0.5) is 0 Å². The normalized spacial score (nSPS) is 11.0. The molecule has 0 saturated heterocycles. The van der Waals surface area contributed by atoms with Crippen LogP contribution in [0.2, 0.25) is 0 Å². The van der Waals surface area contributed by atoms with Gasteiger partial charge in [0.1, 0.15) is 23.3 Å². The van der Waals surface area contributed by atoms with Crippen LogP contribution in [0.5, 0.6) is 11.5 Å². The standard InChI is InChI=1S/C23H15N3O5/c27-16-5-3-14(4-6-16)19-12-30-20-10-17(7-8-18(20)22(19)28)29-13-21-25-26-23(31-21)15-2-1-9-24-11-15/h1-12,27H,13H2. The number of hydrogen-bond donors (Lipinski definition) is 1. The van der Waals surface area contributed by atoms with E-state index in [1.807, 2.05) is 6.07 Å². The number of phenolic OH excluding ortho intramolecular Hbond substituents is 1. The van der Waals surface area contributed by atoms with Crippen LogP contribution in [0.1, 0.15) is 5.89 Å². The Bertz CT molecular complexity index is 1410. The van der Waals surface area contributed by atoms with Crippen LogP contribution in [0.25, 0.3) is 33.6 Å². The Morgan fingerprint density at radius 2 is 1.87 bits per heavy atom. The van der Waals surface area contributed by atoms with Gasteiger partial charge in [0.05, 0.1) is 16.5 Å². The van der Waals surface area contributed by atoms with Gasteiger partial charge in [0.2, 0.25) is 5.89 Å². The zero-order chi connectivity index (χ0) is 21.2. The van der Waals surface area contributed by atoms with E-state index in [1.54, 1.807) is 48.8 Å². The van der Waals surface area contributed by atoms with Gasteiger partial charge >= 0.3 is 0 Å². The molecule has 1 N–H and O–H groups in total. The van der Waals surface area contributed by atoms with Crippen molar-refractivity contribution >= 4 is 11.0 Å². The molecule has 0 aliphatic heterocycles. The summed E-state index contributed by atoms with van der Waals surface area (Å²) in [5.41, 5.74) is 2.02. The second-order valence-electron chi connectivity index (χ2n) is 6.71. The first kappa shape index (κ1) is 18.6. The largest absolute Gasteiger partial charge is 0.508 e.